The molecule has 3 rings (SSSR count). The lowest BCUT2D eigenvalue weighted by Gasteiger charge is -2.23. The molecule has 0 spiro atoms. The Hall–Kier alpha value is -5.27. The first kappa shape index (κ1) is 36.2. The third-order valence-electron chi connectivity index (χ3n) is 7.23. The quantitative estimate of drug-likeness (QED) is 0.150. The smallest absolute Gasteiger partial charge is 0.315 e. The molecule has 47 heavy (non-hydrogen) atoms. The number of aldehydes is 1. The Morgan fingerprint density at radius 3 is 2.51 bits per heavy atom. The predicted molar refractivity (Wildman–Crippen MR) is 171 cm³/mol. The van der Waals surface area contributed by atoms with Gasteiger partial charge in [-0.05, 0) is 48.9 Å². The normalized spacial score (nSPS) is 17.1. The lowest BCUT2D eigenvalue weighted by atomic mass is 10.0. The van der Waals surface area contributed by atoms with Crippen LogP contribution in [0.3, 0.4) is 0 Å². The monoisotopic (exact) mass is 650 g/mol. The van der Waals surface area contributed by atoms with Crippen LogP contribution in [0.1, 0.15) is 56.2 Å². The summed E-state index contributed by atoms with van der Waals surface area (Å²) >= 11 is 0. The number of hydrogen-bond acceptors (Lipinski definition) is 8. The summed E-state index contributed by atoms with van der Waals surface area (Å²) in [7, 11) is 0. The molecule has 1 aliphatic heterocycles. The van der Waals surface area contributed by atoms with Crippen molar-refractivity contribution in [2.24, 2.45) is 0 Å². The molecular formula is C33H42N6O8. The van der Waals surface area contributed by atoms with E-state index in [0.29, 0.717) is 42.7 Å². The zero-order chi connectivity index (χ0) is 34.0. The van der Waals surface area contributed by atoms with E-state index in [0.717, 1.165) is 19.3 Å². The van der Waals surface area contributed by atoms with Crippen LogP contribution in [0.2, 0.25) is 0 Å². The zero-order valence-electron chi connectivity index (χ0n) is 26.3. The van der Waals surface area contributed by atoms with Crippen LogP contribution in [0.4, 0.5) is 4.79 Å². The Morgan fingerprint density at radius 2 is 1.77 bits per heavy atom. The molecule has 14 nitrogen and oxygen atoms in total. The molecule has 252 valence electrons. The van der Waals surface area contributed by atoms with Crippen LogP contribution in [0, 0.1) is 0 Å². The number of carbonyl (C=O) groups excluding carboxylic acids is 7. The van der Waals surface area contributed by atoms with E-state index in [2.05, 4.69) is 31.9 Å². The summed E-state index contributed by atoms with van der Waals surface area (Å²) in [6.45, 7) is 1.68. The van der Waals surface area contributed by atoms with Gasteiger partial charge in [0, 0.05) is 13.0 Å². The van der Waals surface area contributed by atoms with Gasteiger partial charge in [-0.15, -0.1) is 0 Å². The fraction of sp³-hybridized carbons (Fsp3) is 0.424. The summed E-state index contributed by atoms with van der Waals surface area (Å²) in [6.07, 6.45) is 3.46. The molecule has 3 unspecified atom stereocenters. The molecule has 2 bridgehead atoms. The number of fused-ring (bicyclic) bond motifs is 2. The van der Waals surface area contributed by atoms with E-state index in [1.807, 2.05) is 0 Å². The Morgan fingerprint density at radius 1 is 0.979 bits per heavy atom. The highest BCUT2D eigenvalue weighted by molar-refractivity contribution is 6.38. The highest BCUT2D eigenvalue weighted by Gasteiger charge is 2.30. The number of carbonyl (C=O) groups is 7. The average Bonchev–Trinajstić information content (AvgIpc) is 3.07. The van der Waals surface area contributed by atoms with E-state index in [-0.39, 0.29) is 12.8 Å². The number of amides is 6. The summed E-state index contributed by atoms with van der Waals surface area (Å²) in [5.74, 6) is -3.53. The minimum atomic E-state index is -1.25. The largest absolute Gasteiger partial charge is 0.494 e. The number of ketones is 1. The third kappa shape index (κ3) is 12.6. The van der Waals surface area contributed by atoms with Gasteiger partial charge < -0.3 is 41.4 Å². The van der Waals surface area contributed by atoms with Crippen LogP contribution < -0.4 is 36.6 Å². The molecule has 0 aromatic heterocycles. The molecule has 2 aromatic carbocycles. The lowest BCUT2D eigenvalue weighted by molar-refractivity contribution is -0.141. The second kappa shape index (κ2) is 19.3. The van der Waals surface area contributed by atoms with Gasteiger partial charge in [-0.2, -0.15) is 0 Å². The van der Waals surface area contributed by atoms with Gasteiger partial charge in [0.15, 0.2) is 0 Å². The van der Waals surface area contributed by atoms with E-state index in [4.69, 9.17) is 4.74 Å². The van der Waals surface area contributed by atoms with Gasteiger partial charge in [0.25, 0.3) is 5.91 Å². The minimum Gasteiger partial charge on any atom is -0.494 e. The number of Topliss-reactive ketones (excluding diaryl/α,β-unsaturated/α-hetero) is 1. The molecule has 6 N–H and O–H groups in total. The summed E-state index contributed by atoms with van der Waals surface area (Å²) in [6, 6.07) is 11.7. The molecule has 1 heterocycles. The van der Waals surface area contributed by atoms with E-state index in [1.165, 1.54) is 0 Å². The highest BCUT2D eigenvalue weighted by Crippen LogP contribution is 2.16. The number of benzene rings is 2. The van der Waals surface area contributed by atoms with Crippen molar-refractivity contribution in [3.8, 4) is 5.75 Å². The Bertz CT molecular complexity index is 1400. The number of nitrogens with one attached hydrogen (secondary N) is 6. The first-order valence-corrected chi connectivity index (χ1v) is 15.6. The van der Waals surface area contributed by atoms with Crippen LogP contribution in [0.25, 0.3) is 0 Å². The lowest BCUT2D eigenvalue weighted by Crippen LogP contribution is -2.56. The van der Waals surface area contributed by atoms with Crippen molar-refractivity contribution in [1.29, 1.82) is 0 Å². The van der Waals surface area contributed by atoms with Crippen molar-refractivity contribution in [2.45, 2.75) is 63.6 Å². The molecule has 14 heteroatoms. The second-order valence-corrected chi connectivity index (χ2v) is 11.0. The zero-order valence-corrected chi connectivity index (χ0v) is 26.3. The Labute approximate surface area is 273 Å². The van der Waals surface area contributed by atoms with Crippen LogP contribution in [0.5, 0.6) is 5.75 Å². The molecule has 6 amide bonds. The molecule has 0 aliphatic carbocycles. The fourth-order valence-electron chi connectivity index (χ4n) is 4.79. The molecule has 0 radical (unpaired) electrons. The molecule has 0 saturated heterocycles. The van der Waals surface area contributed by atoms with E-state index < -0.39 is 66.7 Å². The first-order chi connectivity index (χ1) is 22.7. The van der Waals surface area contributed by atoms with Gasteiger partial charge in [0.05, 0.1) is 25.7 Å². The number of rotatable bonds is 11. The van der Waals surface area contributed by atoms with Gasteiger partial charge >= 0.3 is 6.03 Å². The van der Waals surface area contributed by atoms with Gasteiger partial charge in [-0.1, -0.05) is 55.8 Å². The van der Waals surface area contributed by atoms with E-state index >= 15 is 0 Å². The first-order valence-electron chi connectivity index (χ1n) is 15.6. The molecular weight excluding hydrogens is 608 g/mol. The van der Waals surface area contributed by atoms with Crippen molar-refractivity contribution in [1.82, 2.24) is 31.9 Å². The van der Waals surface area contributed by atoms with Crippen molar-refractivity contribution in [3.05, 3.63) is 65.7 Å². The predicted octanol–water partition coefficient (Wildman–Crippen LogP) is 0.602. The van der Waals surface area contributed by atoms with Gasteiger partial charge in [0.1, 0.15) is 24.1 Å². The van der Waals surface area contributed by atoms with Crippen LogP contribution in [0.15, 0.2) is 54.6 Å². The number of hydrogen-bond donors (Lipinski definition) is 6. The number of urea groups is 1. The van der Waals surface area contributed by atoms with E-state index in [9.17, 15) is 33.6 Å². The molecule has 3 atom stereocenters. The average molecular weight is 651 g/mol. The summed E-state index contributed by atoms with van der Waals surface area (Å²) in [5, 5.41) is 15.0. The fourth-order valence-corrected chi connectivity index (χ4v) is 4.79. The third-order valence-corrected chi connectivity index (χ3v) is 7.23. The van der Waals surface area contributed by atoms with Crippen molar-refractivity contribution in [2.75, 3.05) is 26.2 Å². The molecule has 2 aromatic rings. The van der Waals surface area contributed by atoms with Crippen molar-refractivity contribution >= 4 is 41.7 Å². The van der Waals surface area contributed by atoms with Crippen LogP contribution in [-0.2, 0) is 35.2 Å². The van der Waals surface area contributed by atoms with Crippen molar-refractivity contribution < 1.29 is 38.3 Å². The molecule has 0 saturated carbocycles. The maximum Gasteiger partial charge on any atom is 0.315 e. The summed E-state index contributed by atoms with van der Waals surface area (Å²) < 4.78 is 5.83. The molecule has 1 aliphatic rings. The Kier molecular flexibility index (Phi) is 14.9. The van der Waals surface area contributed by atoms with Gasteiger partial charge in [0.2, 0.25) is 23.5 Å². The highest BCUT2D eigenvalue weighted by atomic mass is 16.5. The van der Waals surface area contributed by atoms with E-state index in [1.54, 1.807) is 61.5 Å². The minimum absolute atomic E-state index is 0.0275. The topological polar surface area (TPSA) is 201 Å². The second-order valence-electron chi connectivity index (χ2n) is 11.0. The van der Waals surface area contributed by atoms with Crippen molar-refractivity contribution in [3.63, 3.8) is 0 Å². The van der Waals surface area contributed by atoms with Crippen LogP contribution in [-0.4, -0.2) is 80.1 Å². The Balaban J connectivity index is 1.67. The summed E-state index contributed by atoms with van der Waals surface area (Å²) in [5.41, 5.74) is 1.22. The number of ether oxygens (including phenoxy) is 1. The SMILES string of the molecule is CCCC(NC(=O)C1Cc2cccc(c2)OCCCCCNC(=O)NCC(=O)N1)C(=O)C(=O)NCC(=O)NC(C=O)c1ccccc1. The summed E-state index contributed by atoms with van der Waals surface area (Å²) in [4.78, 5) is 88.1. The maximum atomic E-state index is 13.5. The van der Waals surface area contributed by atoms with Gasteiger partial charge in [-0.25, -0.2) is 4.79 Å². The van der Waals surface area contributed by atoms with Crippen LogP contribution >= 0.6 is 0 Å². The standard InChI is InChI=1S/C33H42N6O8/c1-2-10-25(30(43)32(45)35-19-28(41)38-27(21-40)23-12-5-3-6-13-23)39-31(44)26-18-22-11-9-14-24(17-22)47-16-8-4-7-15-34-33(46)36-20-29(42)37-26/h3,5-6,9,11-14,17,21,25-27H,2,4,7-8,10,15-16,18-20H2,1H3,(H,35,45)(H,37,42)(H,38,41)(H,39,44)(H2,34,36,46). The maximum absolute atomic E-state index is 13.5. The van der Waals surface area contributed by atoms with Gasteiger partial charge in [-0.3, -0.25) is 24.0 Å². The molecule has 0 fully saturated rings.